The minimum Gasteiger partial charge on any atom is -0.399 e. The molecule has 4 saturated carbocycles. The molecule has 1 heterocycles. The first kappa shape index (κ1) is 11.6. The molecular weight excluding hydrogens is 236 g/mol. The second-order valence-electron chi connectivity index (χ2n) is 7.05. The lowest BCUT2D eigenvalue weighted by molar-refractivity contribution is -0.0433. The SMILES string of the molecule is Nc1ccn(CC2C3CC4CC(C3)CC2C4)c(=O)c1. The molecule has 4 fully saturated rings. The van der Waals surface area contributed by atoms with Crippen LogP contribution in [0.4, 0.5) is 5.69 Å². The highest BCUT2D eigenvalue weighted by molar-refractivity contribution is 5.34. The Morgan fingerprint density at radius 3 is 2.32 bits per heavy atom. The summed E-state index contributed by atoms with van der Waals surface area (Å²) in [7, 11) is 0. The van der Waals surface area contributed by atoms with E-state index in [4.69, 9.17) is 5.73 Å². The number of pyridine rings is 1. The van der Waals surface area contributed by atoms with Crippen molar-refractivity contribution in [3.63, 3.8) is 0 Å². The maximum absolute atomic E-state index is 12.0. The fraction of sp³-hybridized carbons (Fsp3) is 0.688. The summed E-state index contributed by atoms with van der Waals surface area (Å²) in [5.41, 5.74) is 6.30. The van der Waals surface area contributed by atoms with Crippen molar-refractivity contribution in [3.05, 3.63) is 28.7 Å². The lowest BCUT2D eigenvalue weighted by Gasteiger charge is -2.54. The lowest BCUT2D eigenvalue weighted by Crippen LogP contribution is -2.47. The number of nitrogens with zero attached hydrogens (tertiary/aromatic N) is 1. The van der Waals surface area contributed by atoms with Crippen LogP contribution in [-0.4, -0.2) is 4.57 Å². The van der Waals surface area contributed by atoms with Gasteiger partial charge in [0.2, 0.25) is 0 Å². The first-order chi connectivity index (χ1) is 9.19. The Morgan fingerprint density at radius 2 is 1.74 bits per heavy atom. The summed E-state index contributed by atoms with van der Waals surface area (Å²) < 4.78 is 1.88. The molecule has 4 aliphatic carbocycles. The van der Waals surface area contributed by atoms with Gasteiger partial charge in [0.05, 0.1) is 0 Å². The quantitative estimate of drug-likeness (QED) is 0.886. The maximum Gasteiger partial charge on any atom is 0.252 e. The second-order valence-corrected chi connectivity index (χ2v) is 7.05. The highest BCUT2D eigenvalue weighted by Gasteiger charge is 2.47. The number of anilines is 1. The lowest BCUT2D eigenvalue weighted by atomic mass is 9.52. The molecule has 1 aromatic rings. The van der Waals surface area contributed by atoms with Gasteiger partial charge in [0.25, 0.3) is 5.56 Å². The molecule has 4 aliphatic rings. The van der Waals surface area contributed by atoms with E-state index >= 15 is 0 Å². The second kappa shape index (κ2) is 4.12. The predicted molar refractivity (Wildman–Crippen MR) is 75.6 cm³/mol. The molecule has 0 unspecified atom stereocenters. The number of nitrogens with two attached hydrogens (primary N) is 1. The van der Waals surface area contributed by atoms with E-state index in [0.29, 0.717) is 5.69 Å². The molecule has 5 rings (SSSR count). The number of rotatable bonds is 2. The van der Waals surface area contributed by atoms with Crippen molar-refractivity contribution in [2.75, 3.05) is 5.73 Å². The maximum atomic E-state index is 12.0. The van der Waals surface area contributed by atoms with Gasteiger partial charge in [-0.15, -0.1) is 0 Å². The normalized spacial score (nSPS) is 39.7. The fourth-order valence-corrected chi connectivity index (χ4v) is 5.24. The summed E-state index contributed by atoms with van der Waals surface area (Å²) in [4.78, 5) is 12.0. The summed E-state index contributed by atoms with van der Waals surface area (Å²) in [5, 5.41) is 0. The highest BCUT2D eigenvalue weighted by Crippen LogP contribution is 2.56. The average molecular weight is 258 g/mol. The van der Waals surface area contributed by atoms with Gasteiger partial charge in [-0.3, -0.25) is 4.79 Å². The molecule has 102 valence electrons. The van der Waals surface area contributed by atoms with Gasteiger partial charge in [0, 0.05) is 24.5 Å². The zero-order valence-corrected chi connectivity index (χ0v) is 11.3. The van der Waals surface area contributed by atoms with E-state index in [2.05, 4.69) is 0 Å². The van der Waals surface area contributed by atoms with Gasteiger partial charge in [-0.25, -0.2) is 0 Å². The number of hydrogen-bond acceptors (Lipinski definition) is 2. The van der Waals surface area contributed by atoms with Crippen LogP contribution in [0.2, 0.25) is 0 Å². The van der Waals surface area contributed by atoms with Crippen molar-refractivity contribution < 1.29 is 0 Å². The molecule has 2 N–H and O–H groups in total. The monoisotopic (exact) mass is 258 g/mol. The predicted octanol–water partition coefficient (Wildman–Crippen LogP) is 2.50. The molecule has 0 aliphatic heterocycles. The fourth-order valence-electron chi connectivity index (χ4n) is 5.24. The zero-order valence-electron chi connectivity index (χ0n) is 11.3. The van der Waals surface area contributed by atoms with Crippen LogP contribution in [0, 0.1) is 29.6 Å². The largest absolute Gasteiger partial charge is 0.399 e. The molecule has 0 amide bonds. The Hall–Kier alpha value is -1.25. The van der Waals surface area contributed by atoms with Crippen LogP contribution in [0.5, 0.6) is 0 Å². The minimum absolute atomic E-state index is 0.0637. The Morgan fingerprint density at radius 1 is 1.11 bits per heavy atom. The van der Waals surface area contributed by atoms with Crippen molar-refractivity contribution in [1.29, 1.82) is 0 Å². The van der Waals surface area contributed by atoms with Crippen molar-refractivity contribution in [2.45, 2.75) is 38.6 Å². The van der Waals surface area contributed by atoms with Crippen LogP contribution < -0.4 is 11.3 Å². The van der Waals surface area contributed by atoms with Gasteiger partial charge in [-0.2, -0.15) is 0 Å². The van der Waals surface area contributed by atoms with E-state index in [1.54, 1.807) is 6.07 Å². The Labute approximate surface area is 113 Å². The summed E-state index contributed by atoms with van der Waals surface area (Å²) in [5.74, 6) is 4.49. The zero-order chi connectivity index (χ0) is 13.0. The summed E-state index contributed by atoms with van der Waals surface area (Å²) in [6, 6.07) is 3.40. The van der Waals surface area contributed by atoms with Crippen molar-refractivity contribution in [1.82, 2.24) is 4.57 Å². The third-order valence-corrected chi connectivity index (χ3v) is 5.85. The first-order valence-corrected chi connectivity index (χ1v) is 7.65. The van der Waals surface area contributed by atoms with Gasteiger partial charge in [0.1, 0.15) is 0 Å². The van der Waals surface area contributed by atoms with Crippen LogP contribution in [-0.2, 0) is 6.54 Å². The molecule has 0 spiro atoms. The first-order valence-electron chi connectivity index (χ1n) is 7.65. The Kier molecular flexibility index (Phi) is 2.51. The minimum atomic E-state index is 0.0637. The molecule has 0 atom stereocenters. The molecule has 3 nitrogen and oxygen atoms in total. The van der Waals surface area contributed by atoms with Crippen molar-refractivity contribution in [2.24, 2.45) is 29.6 Å². The smallest absolute Gasteiger partial charge is 0.252 e. The van der Waals surface area contributed by atoms with Crippen LogP contribution in [0.1, 0.15) is 32.1 Å². The van der Waals surface area contributed by atoms with Gasteiger partial charge in [0.15, 0.2) is 0 Å². The van der Waals surface area contributed by atoms with E-state index in [0.717, 1.165) is 36.1 Å². The van der Waals surface area contributed by atoms with E-state index in [1.165, 1.54) is 32.1 Å². The molecule has 1 aromatic heterocycles. The molecule has 0 radical (unpaired) electrons. The van der Waals surface area contributed by atoms with Crippen LogP contribution in [0.15, 0.2) is 23.1 Å². The standard InChI is InChI=1S/C16H22N2O/c17-14-1-2-18(16(19)8-14)9-15-12-4-10-3-11(6-12)7-13(15)5-10/h1-2,8,10-13,15H,3-7,9,17H2. The number of nitrogen functional groups attached to an aromatic ring is 1. The average Bonchev–Trinajstić information content (AvgIpc) is 2.35. The van der Waals surface area contributed by atoms with E-state index in [-0.39, 0.29) is 5.56 Å². The van der Waals surface area contributed by atoms with Crippen molar-refractivity contribution in [3.8, 4) is 0 Å². The molecule has 0 saturated heterocycles. The van der Waals surface area contributed by atoms with E-state index in [9.17, 15) is 4.79 Å². The Balaban J connectivity index is 1.58. The van der Waals surface area contributed by atoms with Gasteiger partial charge >= 0.3 is 0 Å². The van der Waals surface area contributed by atoms with Crippen LogP contribution in [0.25, 0.3) is 0 Å². The van der Waals surface area contributed by atoms with Gasteiger partial charge < -0.3 is 10.3 Å². The Bertz CT molecular complexity index is 520. The summed E-state index contributed by atoms with van der Waals surface area (Å²) >= 11 is 0. The molecule has 3 heteroatoms. The van der Waals surface area contributed by atoms with E-state index < -0.39 is 0 Å². The summed E-state index contributed by atoms with van der Waals surface area (Å²) in [6.45, 7) is 0.911. The van der Waals surface area contributed by atoms with Crippen LogP contribution in [0.3, 0.4) is 0 Å². The highest BCUT2D eigenvalue weighted by atomic mass is 16.1. The molecule has 0 aromatic carbocycles. The topological polar surface area (TPSA) is 48.0 Å². The molecule has 4 bridgehead atoms. The van der Waals surface area contributed by atoms with Crippen molar-refractivity contribution >= 4 is 5.69 Å². The molecular formula is C16H22N2O. The third-order valence-electron chi connectivity index (χ3n) is 5.85. The summed E-state index contributed by atoms with van der Waals surface area (Å²) in [6.07, 6.45) is 9.04. The number of hydrogen-bond donors (Lipinski definition) is 1. The van der Waals surface area contributed by atoms with Gasteiger partial charge in [-0.05, 0) is 67.8 Å². The van der Waals surface area contributed by atoms with E-state index in [1.807, 2.05) is 16.8 Å². The van der Waals surface area contributed by atoms with Gasteiger partial charge in [-0.1, -0.05) is 0 Å². The number of aromatic nitrogens is 1. The van der Waals surface area contributed by atoms with Crippen LogP contribution >= 0.6 is 0 Å². The molecule has 19 heavy (non-hydrogen) atoms. The third kappa shape index (κ3) is 1.90.